The van der Waals surface area contributed by atoms with Crippen molar-refractivity contribution in [2.75, 3.05) is 0 Å². The van der Waals surface area contributed by atoms with Crippen molar-refractivity contribution < 1.29 is 0 Å². The minimum atomic E-state index is 0.428. The molecule has 0 N–H and O–H groups in total. The van der Waals surface area contributed by atoms with Gasteiger partial charge in [-0.2, -0.15) is 0 Å². The van der Waals surface area contributed by atoms with E-state index in [1.54, 1.807) is 17.8 Å². The van der Waals surface area contributed by atoms with Crippen LogP contribution in [0.25, 0.3) is 0 Å². The molecule has 0 bridgehead atoms. The Balaban J connectivity index is 1.56. The van der Waals surface area contributed by atoms with Gasteiger partial charge in [0, 0.05) is 0 Å². The molecule has 0 saturated heterocycles. The molecule has 0 aliphatic carbocycles. The molecule has 0 unspecified atom stereocenters. The molecule has 0 fully saturated rings. The van der Waals surface area contributed by atoms with E-state index in [9.17, 15) is 0 Å². The van der Waals surface area contributed by atoms with Crippen LogP contribution in [-0.2, 0) is 0 Å². The van der Waals surface area contributed by atoms with Gasteiger partial charge < -0.3 is 0 Å². The molecular formula is C29H28Se4. The first-order valence-electron chi connectivity index (χ1n) is 11.0. The van der Waals surface area contributed by atoms with Gasteiger partial charge in [0.1, 0.15) is 0 Å². The molecular weight excluding hydrogens is 664 g/mol. The van der Waals surface area contributed by atoms with Crippen LogP contribution in [0.15, 0.2) is 121 Å². The van der Waals surface area contributed by atoms with E-state index >= 15 is 0 Å². The zero-order chi connectivity index (χ0) is 22.6. The molecule has 0 amide bonds. The Labute approximate surface area is 224 Å². The summed E-state index contributed by atoms with van der Waals surface area (Å²) in [6.07, 6.45) is 0. The fourth-order valence-electron chi connectivity index (χ4n) is 3.26. The summed E-state index contributed by atoms with van der Waals surface area (Å²) in [6, 6.07) is 44.8. The van der Waals surface area contributed by atoms with Crippen molar-refractivity contribution in [2.24, 2.45) is 5.41 Å². The summed E-state index contributed by atoms with van der Waals surface area (Å²) in [6.45, 7) is 0. The zero-order valence-electron chi connectivity index (χ0n) is 18.5. The Morgan fingerprint density at radius 2 is 0.545 bits per heavy atom. The SMILES string of the molecule is c1ccc([Se]CC(C[Se]c2ccccc2)(C[Se]c2ccccc2)C[Se]c2ccccc2)cc1. The van der Waals surface area contributed by atoms with Crippen molar-refractivity contribution in [3.63, 3.8) is 0 Å². The first kappa shape index (κ1) is 25.1. The predicted octanol–water partition coefficient (Wildman–Crippen LogP) is 3.76. The molecule has 0 heterocycles. The second-order valence-electron chi connectivity index (χ2n) is 7.91. The quantitative estimate of drug-likeness (QED) is 0.199. The van der Waals surface area contributed by atoms with Gasteiger partial charge in [-0.3, -0.25) is 0 Å². The first-order valence-corrected chi connectivity index (χ1v) is 19.3. The molecule has 0 aliphatic heterocycles. The van der Waals surface area contributed by atoms with Crippen LogP contribution >= 0.6 is 0 Å². The van der Waals surface area contributed by atoms with Crippen LogP contribution in [0.2, 0.25) is 21.3 Å². The zero-order valence-corrected chi connectivity index (χ0v) is 25.4. The molecule has 4 rings (SSSR count). The molecule has 0 nitrogen and oxygen atoms in total. The average molecular weight is 692 g/mol. The maximum atomic E-state index is 2.33. The van der Waals surface area contributed by atoms with E-state index in [4.69, 9.17) is 0 Å². The Hall–Kier alpha value is -1.04. The van der Waals surface area contributed by atoms with Crippen molar-refractivity contribution in [1.29, 1.82) is 0 Å². The molecule has 4 heteroatoms. The van der Waals surface area contributed by atoms with Gasteiger partial charge in [0.15, 0.2) is 0 Å². The average Bonchev–Trinajstić information content (AvgIpc) is 2.90. The third-order valence-electron chi connectivity index (χ3n) is 5.15. The molecule has 0 atom stereocenters. The van der Waals surface area contributed by atoms with Gasteiger partial charge in [0.25, 0.3) is 0 Å². The first-order chi connectivity index (χ1) is 16.3. The fourth-order valence-corrected chi connectivity index (χ4v) is 16.7. The maximum absolute atomic E-state index is 2.33. The molecule has 33 heavy (non-hydrogen) atoms. The van der Waals surface area contributed by atoms with Gasteiger partial charge in [0.2, 0.25) is 0 Å². The minimum absolute atomic E-state index is 0.428. The van der Waals surface area contributed by atoms with E-state index in [-0.39, 0.29) is 0 Å². The third kappa shape index (κ3) is 8.60. The van der Waals surface area contributed by atoms with Gasteiger partial charge in [-0.05, 0) is 0 Å². The topological polar surface area (TPSA) is 0 Å². The van der Waals surface area contributed by atoms with Gasteiger partial charge in [-0.25, -0.2) is 0 Å². The van der Waals surface area contributed by atoms with Crippen molar-refractivity contribution >= 4 is 77.7 Å². The van der Waals surface area contributed by atoms with E-state index in [0.29, 0.717) is 65.2 Å². The Morgan fingerprint density at radius 3 is 0.758 bits per heavy atom. The van der Waals surface area contributed by atoms with E-state index in [2.05, 4.69) is 121 Å². The van der Waals surface area contributed by atoms with E-state index in [1.807, 2.05) is 0 Å². The van der Waals surface area contributed by atoms with E-state index in [0.717, 1.165) is 0 Å². The standard InChI is InChI=1S/C29H28Se4/c1-5-13-25(14-6-1)30-21-29(22-31-26-15-7-2-8-16-26,23-32-27-17-9-3-10-18-27)24-33-28-19-11-4-12-20-28/h1-20H,21-24H2. The molecule has 0 radical (unpaired) electrons. The summed E-state index contributed by atoms with van der Waals surface area (Å²) in [4.78, 5) is 0. The van der Waals surface area contributed by atoms with Crippen LogP contribution in [0, 0.1) is 5.41 Å². The summed E-state index contributed by atoms with van der Waals surface area (Å²) in [5, 5.41) is 5.40. The van der Waals surface area contributed by atoms with Gasteiger partial charge in [-0.15, -0.1) is 0 Å². The molecule has 168 valence electrons. The fraction of sp³-hybridized carbons (Fsp3) is 0.172. The number of hydrogen-bond acceptors (Lipinski definition) is 0. The molecule has 0 saturated carbocycles. The van der Waals surface area contributed by atoms with Crippen molar-refractivity contribution in [1.82, 2.24) is 0 Å². The summed E-state index contributed by atoms with van der Waals surface area (Å²) in [5.41, 5.74) is 0.428. The summed E-state index contributed by atoms with van der Waals surface area (Å²) >= 11 is 2.09. The molecule has 0 aromatic heterocycles. The number of rotatable bonds is 12. The van der Waals surface area contributed by atoms with Crippen LogP contribution in [0.3, 0.4) is 0 Å². The van der Waals surface area contributed by atoms with Gasteiger partial charge >= 0.3 is 226 Å². The normalized spacial score (nSPS) is 11.4. The summed E-state index contributed by atoms with van der Waals surface area (Å²) in [7, 11) is 0. The van der Waals surface area contributed by atoms with Gasteiger partial charge in [-0.1, -0.05) is 0 Å². The monoisotopic (exact) mass is 696 g/mol. The number of hydrogen-bond donors (Lipinski definition) is 0. The molecule has 0 aliphatic rings. The third-order valence-corrected chi connectivity index (χ3v) is 16.6. The van der Waals surface area contributed by atoms with Crippen LogP contribution < -0.4 is 17.8 Å². The molecule has 0 spiro atoms. The van der Waals surface area contributed by atoms with Crippen LogP contribution in [-0.4, -0.2) is 59.8 Å². The predicted molar refractivity (Wildman–Crippen MR) is 149 cm³/mol. The second-order valence-corrected chi connectivity index (χ2v) is 16.7. The number of benzene rings is 4. The van der Waals surface area contributed by atoms with E-state index in [1.165, 1.54) is 21.3 Å². The van der Waals surface area contributed by atoms with Crippen LogP contribution in [0.1, 0.15) is 0 Å². The Morgan fingerprint density at radius 1 is 0.333 bits per heavy atom. The van der Waals surface area contributed by atoms with Gasteiger partial charge in [0.05, 0.1) is 0 Å². The van der Waals surface area contributed by atoms with Crippen molar-refractivity contribution in [2.45, 2.75) is 21.3 Å². The second kappa shape index (κ2) is 13.7. The van der Waals surface area contributed by atoms with Crippen LogP contribution in [0.5, 0.6) is 0 Å². The summed E-state index contributed by atoms with van der Waals surface area (Å²) < 4.78 is 6.17. The molecule has 4 aromatic rings. The Kier molecular flexibility index (Phi) is 10.4. The molecule has 4 aromatic carbocycles. The van der Waals surface area contributed by atoms with Crippen LogP contribution in [0.4, 0.5) is 0 Å². The van der Waals surface area contributed by atoms with Crippen molar-refractivity contribution in [3.8, 4) is 0 Å². The Bertz CT molecular complexity index is 874. The summed E-state index contributed by atoms with van der Waals surface area (Å²) in [5.74, 6) is 0. The van der Waals surface area contributed by atoms with Crippen molar-refractivity contribution in [3.05, 3.63) is 121 Å². The van der Waals surface area contributed by atoms with E-state index < -0.39 is 0 Å².